The number of hydrogen-bond donors (Lipinski definition) is 1. The van der Waals surface area contributed by atoms with E-state index in [0.29, 0.717) is 11.6 Å². The maximum absolute atomic E-state index is 13.3. The summed E-state index contributed by atoms with van der Waals surface area (Å²) in [6.45, 7) is 4.33. The highest BCUT2D eigenvalue weighted by Gasteiger charge is 2.43. The van der Waals surface area contributed by atoms with Crippen LogP contribution in [-0.4, -0.2) is 23.2 Å². The van der Waals surface area contributed by atoms with Gasteiger partial charge in [-0.3, -0.25) is 14.8 Å². The van der Waals surface area contributed by atoms with Gasteiger partial charge in [0.25, 0.3) is 5.91 Å². The molecule has 1 aliphatic heterocycles. The van der Waals surface area contributed by atoms with Crippen LogP contribution in [0.2, 0.25) is 0 Å². The highest BCUT2D eigenvalue weighted by molar-refractivity contribution is 9.10. The first kappa shape index (κ1) is 18.7. The van der Waals surface area contributed by atoms with Crippen molar-refractivity contribution in [1.82, 2.24) is 10.2 Å². The number of amides is 1. The highest BCUT2D eigenvalue weighted by Crippen LogP contribution is 2.45. The van der Waals surface area contributed by atoms with Gasteiger partial charge in [0.05, 0.1) is 13.2 Å². The average Bonchev–Trinajstić information content (AvgIpc) is 3.21. The molecule has 0 aliphatic carbocycles. The second kappa shape index (κ2) is 7.43. The van der Waals surface area contributed by atoms with Gasteiger partial charge in [0.15, 0.2) is 5.69 Å². The van der Waals surface area contributed by atoms with Crippen molar-refractivity contribution >= 4 is 27.5 Å². The van der Waals surface area contributed by atoms with E-state index in [0.717, 1.165) is 39.2 Å². The summed E-state index contributed by atoms with van der Waals surface area (Å²) in [5.41, 5.74) is 4.36. The molecule has 1 unspecified atom stereocenters. The van der Waals surface area contributed by atoms with Crippen LogP contribution in [0.15, 0.2) is 53.0 Å². The number of carbonyl (C=O) groups excluding carboxylic acids is 1. The third kappa shape index (κ3) is 3.11. The second-order valence-corrected chi connectivity index (χ2v) is 8.21. The van der Waals surface area contributed by atoms with Crippen molar-refractivity contribution in [2.75, 3.05) is 12.0 Å². The van der Waals surface area contributed by atoms with Crippen LogP contribution < -0.4 is 9.64 Å². The smallest absolute Gasteiger partial charge is 0.280 e. The van der Waals surface area contributed by atoms with E-state index in [9.17, 15) is 4.79 Å². The fraction of sp³-hybridized carbons (Fsp3) is 0.273. The lowest BCUT2D eigenvalue weighted by atomic mass is 9.95. The predicted molar refractivity (Wildman–Crippen MR) is 113 cm³/mol. The number of ether oxygens (including phenoxy) is 1. The molecule has 1 atom stereocenters. The molecule has 1 N–H and O–H groups in total. The summed E-state index contributed by atoms with van der Waals surface area (Å²) in [5.74, 6) is 1.12. The molecule has 0 spiro atoms. The van der Waals surface area contributed by atoms with Gasteiger partial charge in [-0.1, -0.05) is 48.0 Å². The lowest BCUT2D eigenvalue weighted by molar-refractivity contribution is 0.0988. The molecule has 2 aromatic carbocycles. The maximum Gasteiger partial charge on any atom is 0.280 e. The third-order valence-electron chi connectivity index (χ3n) is 5.00. The molecule has 0 fully saturated rings. The van der Waals surface area contributed by atoms with E-state index in [4.69, 9.17) is 4.74 Å². The number of anilines is 1. The van der Waals surface area contributed by atoms with Crippen LogP contribution in [0.5, 0.6) is 5.75 Å². The van der Waals surface area contributed by atoms with Crippen molar-refractivity contribution < 1.29 is 9.53 Å². The van der Waals surface area contributed by atoms with Crippen molar-refractivity contribution in [2.24, 2.45) is 5.92 Å². The van der Waals surface area contributed by atoms with Crippen molar-refractivity contribution in [2.45, 2.75) is 26.3 Å². The molecule has 0 bridgehead atoms. The normalized spacial score (nSPS) is 16.0. The Kier molecular flexibility index (Phi) is 4.98. The first-order chi connectivity index (χ1) is 13.5. The molecular weight excluding hydrogens is 418 g/mol. The SMILES string of the molecule is COc1ccc(N2C(=O)c3n[nH]c(CC(C)C)c3C2c2ccccc2Br)cc1. The molecule has 5 nitrogen and oxygen atoms in total. The number of halogens is 1. The van der Waals surface area contributed by atoms with E-state index in [1.165, 1.54) is 0 Å². The topological polar surface area (TPSA) is 58.2 Å². The van der Waals surface area contributed by atoms with Crippen LogP contribution in [-0.2, 0) is 6.42 Å². The van der Waals surface area contributed by atoms with Gasteiger partial charge in [-0.05, 0) is 48.2 Å². The summed E-state index contributed by atoms with van der Waals surface area (Å²) in [6, 6.07) is 15.4. The summed E-state index contributed by atoms with van der Waals surface area (Å²) >= 11 is 3.68. The van der Waals surface area contributed by atoms with Gasteiger partial charge in [-0.15, -0.1) is 0 Å². The summed E-state index contributed by atoms with van der Waals surface area (Å²) in [4.78, 5) is 15.2. The third-order valence-corrected chi connectivity index (χ3v) is 5.72. The molecule has 1 aromatic heterocycles. The Balaban J connectivity index is 1.88. The minimum absolute atomic E-state index is 0.0906. The van der Waals surface area contributed by atoms with Gasteiger partial charge in [0.1, 0.15) is 5.75 Å². The van der Waals surface area contributed by atoms with Gasteiger partial charge in [0.2, 0.25) is 0 Å². The monoisotopic (exact) mass is 439 g/mol. The number of hydrogen-bond acceptors (Lipinski definition) is 3. The van der Waals surface area contributed by atoms with Crippen LogP contribution in [0.1, 0.15) is 47.2 Å². The molecule has 1 aliphatic rings. The molecule has 0 saturated carbocycles. The zero-order valence-electron chi connectivity index (χ0n) is 16.1. The zero-order valence-corrected chi connectivity index (χ0v) is 17.7. The molecule has 0 saturated heterocycles. The minimum Gasteiger partial charge on any atom is -0.497 e. The molecule has 0 radical (unpaired) electrons. The molecule has 3 aromatic rings. The summed E-state index contributed by atoms with van der Waals surface area (Å²) in [6.07, 6.45) is 0.840. The van der Waals surface area contributed by atoms with Crippen LogP contribution in [0.4, 0.5) is 5.69 Å². The number of fused-ring (bicyclic) bond motifs is 1. The number of aromatic nitrogens is 2. The van der Waals surface area contributed by atoms with Crippen LogP contribution in [0, 0.1) is 5.92 Å². The second-order valence-electron chi connectivity index (χ2n) is 7.36. The Labute approximate surface area is 172 Å². The van der Waals surface area contributed by atoms with Gasteiger partial charge in [-0.2, -0.15) is 5.10 Å². The molecule has 4 rings (SSSR count). The summed E-state index contributed by atoms with van der Waals surface area (Å²) < 4.78 is 6.24. The lowest BCUT2D eigenvalue weighted by Crippen LogP contribution is -2.29. The molecule has 1 amide bonds. The van der Waals surface area contributed by atoms with Gasteiger partial charge < -0.3 is 4.74 Å². The molecule has 6 heteroatoms. The fourth-order valence-electron chi connectivity index (χ4n) is 3.77. The number of aromatic amines is 1. The minimum atomic E-state index is -0.237. The molecule has 28 heavy (non-hydrogen) atoms. The maximum atomic E-state index is 13.3. The van der Waals surface area contributed by atoms with Crippen molar-refractivity contribution in [3.63, 3.8) is 0 Å². The average molecular weight is 440 g/mol. The highest BCUT2D eigenvalue weighted by atomic mass is 79.9. The van der Waals surface area contributed by atoms with E-state index in [1.54, 1.807) is 7.11 Å². The quantitative estimate of drug-likeness (QED) is 0.599. The van der Waals surface area contributed by atoms with Gasteiger partial charge >= 0.3 is 0 Å². The Hall–Kier alpha value is -2.60. The van der Waals surface area contributed by atoms with E-state index >= 15 is 0 Å². The lowest BCUT2D eigenvalue weighted by Gasteiger charge is -2.27. The van der Waals surface area contributed by atoms with Crippen LogP contribution in [0.3, 0.4) is 0 Å². The Morgan fingerprint density at radius 1 is 1.18 bits per heavy atom. The number of methoxy groups -OCH3 is 1. The van der Waals surface area contributed by atoms with Gasteiger partial charge in [0, 0.05) is 21.4 Å². The predicted octanol–water partition coefficient (Wildman–Crippen LogP) is 5.13. The van der Waals surface area contributed by atoms with E-state index < -0.39 is 0 Å². The largest absolute Gasteiger partial charge is 0.497 e. The van der Waals surface area contributed by atoms with Gasteiger partial charge in [-0.25, -0.2) is 0 Å². The fourth-order valence-corrected chi connectivity index (χ4v) is 4.27. The molecule has 144 valence electrons. The van der Waals surface area contributed by atoms with Crippen molar-refractivity contribution in [1.29, 1.82) is 0 Å². The Morgan fingerprint density at radius 2 is 1.89 bits per heavy atom. The standard InChI is InChI=1S/C22H22BrN3O2/c1-13(2)12-18-19-20(25-24-18)22(27)26(14-8-10-15(28-3)11-9-14)21(19)16-6-4-5-7-17(16)23/h4-11,13,21H,12H2,1-3H3,(H,24,25). The first-order valence-corrected chi connectivity index (χ1v) is 10.1. The molecular formula is C22H22BrN3O2. The number of rotatable bonds is 5. The summed E-state index contributed by atoms with van der Waals surface area (Å²) in [5, 5.41) is 7.50. The van der Waals surface area contributed by atoms with Crippen molar-refractivity contribution in [3.05, 3.63) is 75.5 Å². The van der Waals surface area contributed by atoms with E-state index in [-0.39, 0.29) is 11.9 Å². The number of H-pyrrole nitrogens is 1. The Bertz CT molecular complexity index is 1010. The number of benzene rings is 2. The number of nitrogens with zero attached hydrogens (tertiary/aromatic N) is 2. The zero-order chi connectivity index (χ0) is 19.8. The van der Waals surface area contributed by atoms with E-state index in [2.05, 4.69) is 46.0 Å². The van der Waals surface area contributed by atoms with Crippen LogP contribution >= 0.6 is 15.9 Å². The first-order valence-electron chi connectivity index (χ1n) is 9.30. The number of carbonyl (C=O) groups is 1. The Morgan fingerprint density at radius 3 is 2.54 bits per heavy atom. The summed E-state index contributed by atoms with van der Waals surface area (Å²) in [7, 11) is 1.63. The number of nitrogens with one attached hydrogen (secondary N) is 1. The van der Waals surface area contributed by atoms with Crippen molar-refractivity contribution in [3.8, 4) is 5.75 Å². The van der Waals surface area contributed by atoms with E-state index in [1.807, 2.05) is 47.4 Å². The van der Waals surface area contributed by atoms with Crippen LogP contribution in [0.25, 0.3) is 0 Å². The molecule has 2 heterocycles.